The molecule has 5 heteroatoms. The maximum absolute atomic E-state index is 5.59. The Balaban J connectivity index is 2.44. The van der Waals surface area contributed by atoms with E-state index in [2.05, 4.69) is 9.88 Å². The summed E-state index contributed by atoms with van der Waals surface area (Å²) in [5.74, 6) is 0.555. The summed E-state index contributed by atoms with van der Waals surface area (Å²) >= 11 is 0. The first kappa shape index (κ1) is 15.9. The number of anilines is 1. The maximum atomic E-state index is 5.59. The van der Waals surface area contributed by atoms with E-state index in [1.807, 2.05) is 32.2 Å². The monoisotopic (exact) mass is 267 g/mol. The van der Waals surface area contributed by atoms with Crippen molar-refractivity contribution in [3.8, 4) is 0 Å². The Morgan fingerprint density at radius 2 is 1.74 bits per heavy atom. The van der Waals surface area contributed by atoms with E-state index in [1.54, 1.807) is 0 Å². The lowest BCUT2D eigenvalue weighted by Gasteiger charge is -2.22. The van der Waals surface area contributed by atoms with Crippen LogP contribution in [0.4, 0.5) is 5.82 Å². The fraction of sp³-hybridized carbons (Fsp3) is 0.643. The summed E-state index contributed by atoms with van der Waals surface area (Å²) in [5, 5.41) is 0. The van der Waals surface area contributed by atoms with Crippen LogP contribution in [0.5, 0.6) is 0 Å². The normalized spacial score (nSPS) is 11.1. The van der Waals surface area contributed by atoms with Crippen molar-refractivity contribution in [3.63, 3.8) is 0 Å². The molecular weight excluding hydrogens is 242 g/mol. The predicted octanol–water partition coefficient (Wildman–Crippen LogP) is 1.54. The molecule has 0 aliphatic rings. The van der Waals surface area contributed by atoms with E-state index in [0.29, 0.717) is 5.82 Å². The van der Waals surface area contributed by atoms with Crippen LogP contribution < -0.4 is 5.73 Å². The second kappa shape index (κ2) is 9.72. The van der Waals surface area contributed by atoms with E-state index >= 15 is 0 Å². The Morgan fingerprint density at radius 3 is 2.21 bits per heavy atom. The Kier molecular flexibility index (Phi) is 8.13. The van der Waals surface area contributed by atoms with E-state index in [9.17, 15) is 0 Å². The van der Waals surface area contributed by atoms with E-state index in [0.717, 1.165) is 51.6 Å². The fourth-order valence-corrected chi connectivity index (χ4v) is 1.73. The minimum absolute atomic E-state index is 0.555. The molecule has 0 saturated heterocycles. The molecule has 0 amide bonds. The molecular formula is C14H25N3O2. The zero-order chi connectivity index (χ0) is 13.9. The van der Waals surface area contributed by atoms with E-state index in [4.69, 9.17) is 15.2 Å². The van der Waals surface area contributed by atoms with Gasteiger partial charge in [0.25, 0.3) is 0 Å². The minimum Gasteiger partial charge on any atom is -0.384 e. The number of nitrogen functional groups attached to an aromatic ring is 1. The van der Waals surface area contributed by atoms with E-state index in [-0.39, 0.29) is 0 Å². The van der Waals surface area contributed by atoms with Crippen LogP contribution in [0, 0.1) is 0 Å². The van der Waals surface area contributed by atoms with Crippen LogP contribution in [0.25, 0.3) is 0 Å². The summed E-state index contributed by atoms with van der Waals surface area (Å²) in [6, 6.07) is 3.84. The van der Waals surface area contributed by atoms with Crippen LogP contribution >= 0.6 is 0 Å². The molecule has 0 fully saturated rings. The first-order chi connectivity index (χ1) is 9.26. The first-order valence-corrected chi connectivity index (χ1v) is 6.84. The number of nitrogens with zero attached hydrogens (tertiary/aromatic N) is 2. The summed E-state index contributed by atoms with van der Waals surface area (Å²) < 4.78 is 10.8. The molecule has 2 N–H and O–H groups in total. The van der Waals surface area contributed by atoms with Gasteiger partial charge in [-0.05, 0) is 25.5 Å². The highest BCUT2D eigenvalue weighted by Gasteiger charge is 2.06. The number of aromatic nitrogens is 1. The molecule has 0 aliphatic carbocycles. The predicted molar refractivity (Wildman–Crippen MR) is 76.9 cm³/mol. The van der Waals surface area contributed by atoms with Crippen LogP contribution in [0.3, 0.4) is 0 Å². The van der Waals surface area contributed by atoms with Gasteiger partial charge in [0.05, 0.1) is 13.2 Å². The van der Waals surface area contributed by atoms with E-state index < -0.39 is 0 Å². The van der Waals surface area contributed by atoms with Gasteiger partial charge in [-0.2, -0.15) is 0 Å². The molecule has 0 unspecified atom stereocenters. The molecule has 0 spiro atoms. The van der Waals surface area contributed by atoms with Crippen LogP contribution in [-0.4, -0.2) is 49.4 Å². The molecule has 0 saturated carbocycles. The molecule has 0 atom stereocenters. The zero-order valence-electron chi connectivity index (χ0n) is 12.0. The average molecular weight is 267 g/mol. The molecule has 19 heavy (non-hydrogen) atoms. The number of hydrogen-bond donors (Lipinski definition) is 1. The Bertz CT molecular complexity index is 320. The van der Waals surface area contributed by atoms with E-state index in [1.165, 1.54) is 0 Å². The van der Waals surface area contributed by atoms with Gasteiger partial charge in [-0.3, -0.25) is 4.90 Å². The summed E-state index contributed by atoms with van der Waals surface area (Å²) in [4.78, 5) is 6.42. The van der Waals surface area contributed by atoms with Crippen molar-refractivity contribution in [1.29, 1.82) is 0 Å². The third kappa shape index (κ3) is 7.10. The highest BCUT2D eigenvalue weighted by atomic mass is 16.5. The van der Waals surface area contributed by atoms with Crippen LogP contribution in [0.2, 0.25) is 0 Å². The Morgan fingerprint density at radius 1 is 1.11 bits per heavy atom. The number of hydrogen-bond acceptors (Lipinski definition) is 5. The van der Waals surface area contributed by atoms with Crippen molar-refractivity contribution in [1.82, 2.24) is 9.88 Å². The molecule has 1 aromatic heterocycles. The Labute approximate surface area is 115 Å². The van der Waals surface area contributed by atoms with Gasteiger partial charge in [-0.15, -0.1) is 0 Å². The average Bonchev–Trinajstić information content (AvgIpc) is 2.41. The number of pyridine rings is 1. The summed E-state index contributed by atoms with van der Waals surface area (Å²) in [7, 11) is 0. The van der Waals surface area contributed by atoms with Gasteiger partial charge in [0.2, 0.25) is 0 Å². The van der Waals surface area contributed by atoms with Gasteiger partial charge < -0.3 is 15.2 Å². The van der Waals surface area contributed by atoms with Crippen LogP contribution in [0.1, 0.15) is 19.4 Å². The van der Waals surface area contributed by atoms with Crippen LogP contribution in [0.15, 0.2) is 18.3 Å². The fourth-order valence-electron chi connectivity index (χ4n) is 1.73. The molecule has 0 radical (unpaired) electrons. The van der Waals surface area contributed by atoms with Crippen molar-refractivity contribution in [2.75, 3.05) is 45.3 Å². The quantitative estimate of drug-likeness (QED) is 0.652. The highest BCUT2D eigenvalue weighted by molar-refractivity contribution is 5.29. The molecule has 108 valence electrons. The third-order valence-corrected chi connectivity index (χ3v) is 2.77. The second-order valence-corrected chi connectivity index (χ2v) is 4.26. The molecule has 0 aliphatic heterocycles. The lowest BCUT2D eigenvalue weighted by Crippen LogP contribution is -2.30. The van der Waals surface area contributed by atoms with Crippen molar-refractivity contribution < 1.29 is 9.47 Å². The Hall–Kier alpha value is -1.17. The number of ether oxygens (including phenoxy) is 2. The summed E-state index contributed by atoms with van der Waals surface area (Å²) in [5.41, 5.74) is 6.74. The lowest BCUT2D eigenvalue weighted by atomic mass is 10.2. The minimum atomic E-state index is 0.555. The molecule has 0 bridgehead atoms. The lowest BCUT2D eigenvalue weighted by molar-refractivity contribution is 0.0797. The van der Waals surface area contributed by atoms with Crippen molar-refractivity contribution in [3.05, 3.63) is 23.9 Å². The smallest absolute Gasteiger partial charge is 0.123 e. The highest BCUT2D eigenvalue weighted by Crippen LogP contribution is 2.05. The first-order valence-electron chi connectivity index (χ1n) is 6.84. The van der Waals surface area contributed by atoms with Gasteiger partial charge >= 0.3 is 0 Å². The molecule has 0 aromatic carbocycles. The molecule has 1 rings (SSSR count). The largest absolute Gasteiger partial charge is 0.384 e. The summed E-state index contributed by atoms with van der Waals surface area (Å²) in [6.07, 6.45) is 1.82. The van der Waals surface area contributed by atoms with Crippen molar-refractivity contribution >= 4 is 5.82 Å². The number of rotatable bonds is 10. The number of nitrogens with two attached hydrogens (primary N) is 1. The van der Waals surface area contributed by atoms with Crippen LogP contribution in [-0.2, 0) is 16.0 Å². The van der Waals surface area contributed by atoms with Crippen molar-refractivity contribution in [2.24, 2.45) is 0 Å². The molecule has 5 nitrogen and oxygen atoms in total. The molecule has 1 aromatic rings. The van der Waals surface area contributed by atoms with Gasteiger partial charge in [0, 0.05) is 39.0 Å². The van der Waals surface area contributed by atoms with Crippen molar-refractivity contribution in [2.45, 2.75) is 20.4 Å². The molecule has 1 heterocycles. The van der Waals surface area contributed by atoms with Gasteiger partial charge in [-0.1, -0.05) is 6.07 Å². The third-order valence-electron chi connectivity index (χ3n) is 2.77. The second-order valence-electron chi connectivity index (χ2n) is 4.26. The maximum Gasteiger partial charge on any atom is 0.123 e. The SMILES string of the molecule is CCOCCN(CCOCC)Cc1ccc(N)nc1. The zero-order valence-corrected chi connectivity index (χ0v) is 12.0. The standard InChI is InChI=1S/C14H25N3O2/c1-3-18-9-7-17(8-10-19-4-2)12-13-5-6-14(15)16-11-13/h5-6,11H,3-4,7-10,12H2,1-2H3,(H2,15,16). The topological polar surface area (TPSA) is 60.6 Å². The van der Waals surface area contributed by atoms with Gasteiger partial charge in [-0.25, -0.2) is 4.98 Å². The van der Waals surface area contributed by atoms with Gasteiger partial charge in [0.15, 0.2) is 0 Å². The van der Waals surface area contributed by atoms with Gasteiger partial charge in [0.1, 0.15) is 5.82 Å². The summed E-state index contributed by atoms with van der Waals surface area (Å²) in [6.45, 7) is 9.63.